The lowest BCUT2D eigenvalue weighted by Crippen LogP contribution is -2.36. The first-order valence-electron chi connectivity index (χ1n) is 5.66. The second-order valence-electron chi connectivity index (χ2n) is 4.12. The van der Waals surface area contributed by atoms with E-state index in [9.17, 15) is 4.79 Å². The largest absolute Gasteiger partial charge is 0.386 e. The number of allylic oxidation sites excluding steroid dienone is 1. The van der Waals surface area contributed by atoms with Crippen LogP contribution in [-0.2, 0) is 4.79 Å². The lowest BCUT2D eigenvalue weighted by molar-refractivity contribution is -0.121. The summed E-state index contributed by atoms with van der Waals surface area (Å²) in [5.41, 5.74) is 6.84. The summed E-state index contributed by atoms with van der Waals surface area (Å²) in [5, 5.41) is 3.05. The lowest BCUT2D eigenvalue weighted by Gasteiger charge is -2.28. The first-order chi connectivity index (χ1) is 7.69. The second-order valence-corrected chi connectivity index (χ2v) is 5.19. The predicted octanol–water partition coefficient (Wildman–Crippen LogP) is 1.38. The van der Waals surface area contributed by atoms with Crippen LogP contribution in [0, 0.1) is 0 Å². The Bertz CT molecular complexity index is 362. The van der Waals surface area contributed by atoms with Crippen molar-refractivity contribution in [2.24, 2.45) is 10.7 Å². The molecule has 0 bridgehead atoms. The SMILES string of the molecule is CCC(=O)NC1CCC2=C(C1)SCC(N)=N2. The van der Waals surface area contributed by atoms with Gasteiger partial charge in [0.2, 0.25) is 5.91 Å². The number of carbonyl (C=O) groups excluding carboxylic acids is 1. The van der Waals surface area contributed by atoms with Gasteiger partial charge in [0.25, 0.3) is 0 Å². The van der Waals surface area contributed by atoms with Gasteiger partial charge in [0, 0.05) is 23.8 Å². The Morgan fingerprint density at radius 3 is 3.25 bits per heavy atom. The van der Waals surface area contributed by atoms with Crippen LogP contribution < -0.4 is 11.1 Å². The quantitative estimate of drug-likeness (QED) is 0.765. The molecule has 0 radical (unpaired) electrons. The van der Waals surface area contributed by atoms with Crippen molar-refractivity contribution >= 4 is 23.5 Å². The molecule has 0 saturated heterocycles. The standard InChI is InChI=1S/C11H17N3OS/c1-2-11(15)13-7-3-4-8-9(5-7)16-6-10(12)14-8/h7H,2-6H2,1H3,(H2,12,14)(H,13,15). The number of nitrogens with one attached hydrogen (secondary N) is 1. The highest BCUT2D eigenvalue weighted by Crippen LogP contribution is 2.36. The van der Waals surface area contributed by atoms with Crippen molar-refractivity contribution < 1.29 is 4.79 Å². The Kier molecular flexibility index (Phi) is 3.53. The van der Waals surface area contributed by atoms with E-state index < -0.39 is 0 Å². The van der Waals surface area contributed by atoms with Crippen molar-refractivity contribution in [1.29, 1.82) is 0 Å². The number of nitrogens with two attached hydrogens (primary N) is 1. The molecule has 1 heterocycles. The smallest absolute Gasteiger partial charge is 0.219 e. The molecule has 0 fully saturated rings. The molecule has 0 saturated carbocycles. The Balaban J connectivity index is 1.99. The highest BCUT2D eigenvalue weighted by molar-refractivity contribution is 8.03. The number of amides is 1. The highest BCUT2D eigenvalue weighted by Gasteiger charge is 2.24. The van der Waals surface area contributed by atoms with Crippen molar-refractivity contribution in [3.8, 4) is 0 Å². The molecule has 1 atom stereocenters. The van der Waals surface area contributed by atoms with Crippen molar-refractivity contribution in [3.05, 3.63) is 10.6 Å². The molecular formula is C11H17N3OS. The van der Waals surface area contributed by atoms with Crippen molar-refractivity contribution in [3.63, 3.8) is 0 Å². The van der Waals surface area contributed by atoms with E-state index in [1.807, 2.05) is 6.92 Å². The van der Waals surface area contributed by atoms with Crippen LogP contribution >= 0.6 is 11.8 Å². The minimum absolute atomic E-state index is 0.137. The van der Waals surface area contributed by atoms with Crippen molar-refractivity contribution in [2.75, 3.05) is 5.75 Å². The van der Waals surface area contributed by atoms with Crippen LogP contribution in [0.4, 0.5) is 0 Å². The van der Waals surface area contributed by atoms with Gasteiger partial charge in [-0.05, 0) is 12.8 Å². The summed E-state index contributed by atoms with van der Waals surface area (Å²) in [5.74, 6) is 1.64. The fraction of sp³-hybridized carbons (Fsp3) is 0.636. The van der Waals surface area contributed by atoms with Gasteiger partial charge in [0.05, 0.1) is 11.4 Å². The average Bonchev–Trinajstić information content (AvgIpc) is 2.29. The highest BCUT2D eigenvalue weighted by atomic mass is 32.2. The first kappa shape index (κ1) is 11.5. The Morgan fingerprint density at radius 1 is 1.69 bits per heavy atom. The number of nitrogens with zero attached hydrogens (tertiary/aromatic N) is 1. The third kappa shape index (κ3) is 2.58. The number of hydrogen-bond donors (Lipinski definition) is 2. The third-order valence-corrected chi connectivity index (χ3v) is 4.03. The number of hydrogen-bond acceptors (Lipinski definition) is 4. The van der Waals surface area contributed by atoms with Crippen LogP contribution in [0.3, 0.4) is 0 Å². The van der Waals surface area contributed by atoms with E-state index in [0.717, 1.165) is 36.5 Å². The van der Waals surface area contributed by atoms with Crippen LogP contribution in [-0.4, -0.2) is 23.5 Å². The van der Waals surface area contributed by atoms with E-state index >= 15 is 0 Å². The molecule has 4 nitrogen and oxygen atoms in total. The minimum atomic E-state index is 0.137. The summed E-state index contributed by atoms with van der Waals surface area (Å²) in [7, 11) is 0. The van der Waals surface area contributed by atoms with Gasteiger partial charge in [-0.1, -0.05) is 6.92 Å². The molecule has 1 amide bonds. The molecule has 5 heteroatoms. The van der Waals surface area contributed by atoms with Gasteiger partial charge in [-0.25, -0.2) is 4.99 Å². The number of rotatable bonds is 2. The Labute approximate surface area is 99.8 Å². The fourth-order valence-corrected chi connectivity index (χ4v) is 2.99. The molecule has 88 valence electrons. The summed E-state index contributed by atoms with van der Waals surface area (Å²) < 4.78 is 0. The van der Waals surface area contributed by atoms with Gasteiger partial charge in [0.15, 0.2) is 0 Å². The van der Waals surface area contributed by atoms with Gasteiger partial charge in [0.1, 0.15) is 5.84 Å². The second kappa shape index (κ2) is 4.91. The van der Waals surface area contributed by atoms with Crippen LogP contribution in [0.25, 0.3) is 0 Å². The zero-order valence-corrected chi connectivity index (χ0v) is 10.3. The summed E-state index contributed by atoms with van der Waals surface area (Å²) in [6.07, 6.45) is 3.38. The summed E-state index contributed by atoms with van der Waals surface area (Å²) in [4.78, 5) is 17.0. The maximum atomic E-state index is 11.3. The summed E-state index contributed by atoms with van der Waals surface area (Å²) in [6.45, 7) is 1.88. The molecule has 2 aliphatic rings. The summed E-state index contributed by atoms with van der Waals surface area (Å²) in [6, 6.07) is 0.285. The molecule has 2 rings (SSSR count). The van der Waals surface area contributed by atoms with E-state index in [-0.39, 0.29) is 11.9 Å². The molecule has 1 aliphatic carbocycles. The van der Waals surface area contributed by atoms with Crippen LogP contribution in [0.5, 0.6) is 0 Å². The molecule has 0 aromatic carbocycles. The molecule has 1 unspecified atom stereocenters. The van der Waals surface area contributed by atoms with Crippen LogP contribution in [0.15, 0.2) is 15.6 Å². The van der Waals surface area contributed by atoms with Gasteiger partial charge >= 0.3 is 0 Å². The number of thioether (sulfide) groups is 1. The molecule has 0 aromatic rings. The van der Waals surface area contributed by atoms with Gasteiger partial charge in [-0.15, -0.1) is 11.8 Å². The molecule has 3 N–H and O–H groups in total. The molecule has 0 aromatic heterocycles. The van der Waals surface area contributed by atoms with Gasteiger partial charge < -0.3 is 11.1 Å². The topological polar surface area (TPSA) is 67.5 Å². The van der Waals surface area contributed by atoms with Crippen LogP contribution in [0.1, 0.15) is 32.6 Å². The molecule has 16 heavy (non-hydrogen) atoms. The fourth-order valence-electron chi connectivity index (χ4n) is 1.97. The van der Waals surface area contributed by atoms with Crippen LogP contribution in [0.2, 0.25) is 0 Å². The number of amidine groups is 1. The van der Waals surface area contributed by atoms with E-state index in [2.05, 4.69) is 10.3 Å². The number of aliphatic imine (C=N–C) groups is 1. The zero-order valence-electron chi connectivity index (χ0n) is 9.45. The van der Waals surface area contributed by atoms with Crippen molar-refractivity contribution in [1.82, 2.24) is 5.32 Å². The minimum Gasteiger partial charge on any atom is -0.386 e. The Hall–Kier alpha value is -0.970. The maximum Gasteiger partial charge on any atom is 0.219 e. The third-order valence-electron chi connectivity index (χ3n) is 2.84. The zero-order chi connectivity index (χ0) is 11.5. The maximum absolute atomic E-state index is 11.3. The van der Waals surface area contributed by atoms with Gasteiger partial charge in [-0.2, -0.15) is 0 Å². The average molecular weight is 239 g/mol. The van der Waals surface area contributed by atoms with E-state index in [4.69, 9.17) is 5.73 Å². The molecule has 0 spiro atoms. The number of carbonyl (C=O) groups is 1. The van der Waals surface area contributed by atoms with E-state index in [1.54, 1.807) is 11.8 Å². The normalized spacial score (nSPS) is 24.8. The monoisotopic (exact) mass is 239 g/mol. The predicted molar refractivity (Wildman–Crippen MR) is 67.2 cm³/mol. The van der Waals surface area contributed by atoms with Crippen molar-refractivity contribution in [2.45, 2.75) is 38.6 Å². The Morgan fingerprint density at radius 2 is 2.50 bits per heavy atom. The molecular weight excluding hydrogens is 222 g/mol. The lowest BCUT2D eigenvalue weighted by atomic mass is 9.99. The molecule has 1 aliphatic heterocycles. The van der Waals surface area contributed by atoms with E-state index in [0.29, 0.717) is 6.42 Å². The summed E-state index contributed by atoms with van der Waals surface area (Å²) >= 11 is 1.77. The van der Waals surface area contributed by atoms with Gasteiger partial charge in [-0.3, -0.25) is 4.79 Å². The van der Waals surface area contributed by atoms with E-state index in [1.165, 1.54) is 4.91 Å². The first-order valence-corrected chi connectivity index (χ1v) is 6.64.